The Bertz CT molecular complexity index is 961. The van der Waals surface area contributed by atoms with Gasteiger partial charge in [0.25, 0.3) is 0 Å². The van der Waals surface area contributed by atoms with Crippen LogP contribution in [-0.4, -0.2) is 56.0 Å². The van der Waals surface area contributed by atoms with Crippen molar-refractivity contribution >= 4 is 17.6 Å². The maximum atomic E-state index is 14.0. The molecular formula is C22H26N2O6. The number of fused-ring (bicyclic) bond motifs is 5. The van der Waals surface area contributed by atoms with Gasteiger partial charge in [-0.2, -0.15) is 0 Å². The van der Waals surface area contributed by atoms with Crippen LogP contribution in [0.4, 0.5) is 5.69 Å². The van der Waals surface area contributed by atoms with E-state index < -0.39 is 22.1 Å². The summed E-state index contributed by atoms with van der Waals surface area (Å²) >= 11 is 0. The van der Waals surface area contributed by atoms with Crippen molar-refractivity contribution < 1.29 is 28.4 Å². The summed E-state index contributed by atoms with van der Waals surface area (Å²) in [6, 6.07) is 5.08. The molecule has 0 aromatic heterocycles. The number of amides is 1. The van der Waals surface area contributed by atoms with Crippen LogP contribution in [0.15, 0.2) is 30.0 Å². The second kappa shape index (κ2) is 6.46. The number of carbonyl (C=O) groups is 2. The first-order valence-electron chi connectivity index (χ1n) is 10.4. The van der Waals surface area contributed by atoms with Crippen LogP contribution in [-0.2, 0) is 24.5 Å². The van der Waals surface area contributed by atoms with Crippen LogP contribution in [0.3, 0.4) is 0 Å². The topological polar surface area (TPSA) is 96.9 Å². The lowest BCUT2D eigenvalue weighted by molar-refractivity contribution is -0.905. The molecule has 5 rings (SSSR count). The van der Waals surface area contributed by atoms with Crippen LogP contribution < -0.4 is 10.1 Å². The molecule has 0 saturated carbocycles. The Labute approximate surface area is 174 Å². The fraction of sp³-hybridized carbons (Fsp3) is 0.545. The molecule has 160 valence electrons. The Morgan fingerprint density at radius 2 is 2.17 bits per heavy atom. The first kappa shape index (κ1) is 19.4. The van der Waals surface area contributed by atoms with Gasteiger partial charge in [0.15, 0.2) is 0 Å². The fourth-order valence-corrected chi connectivity index (χ4v) is 6.20. The minimum atomic E-state index is -0.892. The van der Waals surface area contributed by atoms with Crippen LogP contribution in [0.1, 0.15) is 25.3 Å². The SMILES string of the molecule is COC(=O)C1=CO[C@@H](C)[C@@H]2C[N@+]3([O-])CC[C@@]4(C(=O)Nc5cc(OC)ccc54)[C@H]3C[C@H]12. The van der Waals surface area contributed by atoms with Crippen molar-refractivity contribution in [2.45, 2.75) is 37.3 Å². The number of methoxy groups -OCH3 is 2. The molecule has 1 aromatic rings. The number of ether oxygens (including phenoxy) is 3. The molecule has 1 N–H and O–H groups in total. The summed E-state index contributed by atoms with van der Waals surface area (Å²) in [4.78, 5) is 25.7. The summed E-state index contributed by atoms with van der Waals surface area (Å²) in [5.41, 5.74) is 1.13. The van der Waals surface area contributed by atoms with Crippen molar-refractivity contribution in [1.29, 1.82) is 0 Å². The van der Waals surface area contributed by atoms with E-state index >= 15 is 0 Å². The molecule has 0 radical (unpaired) electrons. The van der Waals surface area contributed by atoms with E-state index in [-0.39, 0.29) is 23.8 Å². The number of hydrogen-bond donors (Lipinski definition) is 1. The van der Waals surface area contributed by atoms with E-state index in [2.05, 4.69) is 5.32 Å². The lowest BCUT2D eigenvalue weighted by Gasteiger charge is -2.56. The van der Waals surface area contributed by atoms with Gasteiger partial charge in [0.1, 0.15) is 23.3 Å². The molecule has 1 spiro atoms. The Morgan fingerprint density at radius 3 is 2.90 bits per heavy atom. The van der Waals surface area contributed by atoms with Gasteiger partial charge in [-0.25, -0.2) is 4.79 Å². The lowest BCUT2D eigenvalue weighted by atomic mass is 9.66. The number of carbonyl (C=O) groups excluding carboxylic acids is 2. The summed E-state index contributed by atoms with van der Waals surface area (Å²) < 4.78 is 15.5. The van der Waals surface area contributed by atoms with Crippen LogP contribution in [0.5, 0.6) is 5.75 Å². The number of quaternary nitrogens is 1. The van der Waals surface area contributed by atoms with Crippen molar-refractivity contribution in [3.63, 3.8) is 0 Å². The number of benzene rings is 1. The van der Waals surface area contributed by atoms with Crippen molar-refractivity contribution in [3.8, 4) is 5.75 Å². The van der Waals surface area contributed by atoms with Gasteiger partial charge in [0.2, 0.25) is 5.91 Å². The number of anilines is 1. The number of esters is 1. The summed E-state index contributed by atoms with van der Waals surface area (Å²) in [5.74, 6) is -0.168. The molecule has 4 aliphatic rings. The van der Waals surface area contributed by atoms with Crippen molar-refractivity contribution in [3.05, 3.63) is 40.8 Å². The van der Waals surface area contributed by atoms with Crippen LogP contribution in [0.2, 0.25) is 0 Å². The highest BCUT2D eigenvalue weighted by Gasteiger charge is 2.66. The molecule has 30 heavy (non-hydrogen) atoms. The number of rotatable bonds is 2. The van der Waals surface area contributed by atoms with E-state index in [1.54, 1.807) is 7.11 Å². The molecule has 4 aliphatic heterocycles. The second-order valence-corrected chi connectivity index (χ2v) is 8.87. The Balaban J connectivity index is 1.58. The smallest absolute Gasteiger partial charge is 0.337 e. The molecule has 0 bridgehead atoms. The highest BCUT2D eigenvalue weighted by Crippen LogP contribution is 2.57. The molecule has 2 fully saturated rings. The zero-order valence-corrected chi connectivity index (χ0v) is 17.3. The third-order valence-electron chi connectivity index (χ3n) is 7.73. The first-order valence-corrected chi connectivity index (χ1v) is 10.4. The van der Waals surface area contributed by atoms with Gasteiger partial charge < -0.3 is 29.4 Å². The maximum absolute atomic E-state index is 14.0. The maximum Gasteiger partial charge on any atom is 0.337 e. The summed E-state index contributed by atoms with van der Waals surface area (Å²) in [5, 5.41) is 17.0. The number of hydroxylamine groups is 3. The molecule has 0 aliphatic carbocycles. The first-order chi connectivity index (χ1) is 14.3. The summed E-state index contributed by atoms with van der Waals surface area (Å²) in [6.07, 6.45) is 2.25. The third-order valence-corrected chi connectivity index (χ3v) is 7.73. The van der Waals surface area contributed by atoms with Gasteiger partial charge >= 0.3 is 5.97 Å². The minimum Gasteiger partial charge on any atom is -0.633 e. The molecule has 8 nitrogen and oxygen atoms in total. The van der Waals surface area contributed by atoms with Crippen molar-refractivity contribution in [2.75, 3.05) is 32.6 Å². The molecule has 1 aromatic carbocycles. The van der Waals surface area contributed by atoms with Crippen LogP contribution in [0, 0.1) is 17.0 Å². The number of piperidine rings is 1. The van der Waals surface area contributed by atoms with Gasteiger partial charge in [-0.15, -0.1) is 0 Å². The number of hydrogen-bond acceptors (Lipinski definition) is 6. The van der Waals surface area contributed by atoms with Gasteiger partial charge in [-0.05, 0) is 18.6 Å². The van der Waals surface area contributed by atoms with Gasteiger partial charge in [0, 0.05) is 30.5 Å². The summed E-state index contributed by atoms with van der Waals surface area (Å²) in [7, 11) is 2.93. The zero-order chi connectivity index (χ0) is 21.3. The highest BCUT2D eigenvalue weighted by atomic mass is 16.6. The molecule has 1 amide bonds. The summed E-state index contributed by atoms with van der Waals surface area (Å²) in [6.45, 7) is 2.63. The second-order valence-electron chi connectivity index (χ2n) is 8.87. The largest absolute Gasteiger partial charge is 0.633 e. The van der Waals surface area contributed by atoms with Crippen molar-refractivity contribution in [2.24, 2.45) is 11.8 Å². The zero-order valence-electron chi connectivity index (χ0n) is 17.3. The third kappa shape index (κ3) is 2.40. The van der Waals surface area contributed by atoms with Gasteiger partial charge in [0.05, 0.1) is 45.1 Å². The van der Waals surface area contributed by atoms with E-state index in [1.807, 2.05) is 25.1 Å². The fourth-order valence-electron chi connectivity index (χ4n) is 6.20. The van der Waals surface area contributed by atoms with Gasteiger partial charge in [-0.3, -0.25) is 4.79 Å². The van der Waals surface area contributed by atoms with E-state index in [0.717, 1.165) is 5.56 Å². The number of nitrogens with one attached hydrogen (secondary N) is 1. The molecule has 0 unspecified atom stereocenters. The normalized spacial score (nSPS) is 38.7. The minimum absolute atomic E-state index is 0.0900. The van der Waals surface area contributed by atoms with E-state index in [0.29, 0.717) is 42.9 Å². The highest BCUT2D eigenvalue weighted by molar-refractivity contribution is 6.07. The Kier molecular flexibility index (Phi) is 4.17. The lowest BCUT2D eigenvalue weighted by Crippen LogP contribution is -2.63. The van der Waals surface area contributed by atoms with E-state index in [1.165, 1.54) is 13.4 Å². The molecule has 4 heterocycles. The quantitative estimate of drug-likeness (QED) is 0.452. The predicted molar refractivity (Wildman–Crippen MR) is 107 cm³/mol. The molecule has 8 heteroatoms. The molecular weight excluding hydrogens is 388 g/mol. The van der Waals surface area contributed by atoms with Crippen LogP contribution in [0.25, 0.3) is 0 Å². The van der Waals surface area contributed by atoms with Crippen LogP contribution >= 0.6 is 0 Å². The van der Waals surface area contributed by atoms with E-state index in [9.17, 15) is 14.8 Å². The van der Waals surface area contributed by atoms with Crippen molar-refractivity contribution in [1.82, 2.24) is 0 Å². The standard InChI is InChI=1S/C22H26N2O6/c1-12-15-10-24(27)7-6-22(17-5-4-13(28-2)8-18(17)23-21(22)26)19(24)9-14(15)16(11-30-12)20(25)29-3/h4-5,8,11-12,14-15,19H,6-7,9-10H2,1-3H3,(H,23,26)/t12-,14-,15-,19+,22-,24+/m0/s1. The molecule has 6 atom stereocenters. The number of nitrogens with zero attached hydrogens (tertiary/aromatic N) is 1. The predicted octanol–water partition coefficient (Wildman–Crippen LogP) is 2.08. The average molecular weight is 414 g/mol. The monoisotopic (exact) mass is 414 g/mol. The average Bonchev–Trinajstić information content (AvgIpc) is 3.20. The Morgan fingerprint density at radius 1 is 1.37 bits per heavy atom. The van der Waals surface area contributed by atoms with Gasteiger partial charge in [-0.1, -0.05) is 6.07 Å². The Hall–Kier alpha value is -2.58. The van der Waals surface area contributed by atoms with E-state index in [4.69, 9.17) is 14.2 Å². The molecule has 2 saturated heterocycles.